The Balaban J connectivity index is 1.47. The minimum atomic E-state index is -0.852. The molecule has 2 aromatic rings. The van der Waals surface area contributed by atoms with E-state index in [1.54, 1.807) is 6.08 Å². The highest BCUT2D eigenvalue weighted by molar-refractivity contribution is 7.08. The lowest BCUT2D eigenvalue weighted by molar-refractivity contribution is -0.0420. The fourth-order valence-electron chi connectivity index (χ4n) is 4.92. The fraction of sp³-hybridized carbons (Fsp3) is 0.556. The van der Waals surface area contributed by atoms with Gasteiger partial charge >= 0.3 is 0 Å². The van der Waals surface area contributed by atoms with Crippen molar-refractivity contribution in [2.75, 3.05) is 6.54 Å². The summed E-state index contributed by atoms with van der Waals surface area (Å²) in [7, 11) is 0. The summed E-state index contributed by atoms with van der Waals surface area (Å²) in [5.41, 5.74) is 2.39. The van der Waals surface area contributed by atoms with Gasteiger partial charge < -0.3 is 20.5 Å². The Morgan fingerprint density at radius 1 is 1.43 bits per heavy atom. The lowest BCUT2D eigenvalue weighted by atomic mass is 9.73. The normalized spacial score (nSPS) is 20.3. The largest absolute Gasteiger partial charge is 0.471 e. The maximum atomic E-state index is 13.3. The van der Waals surface area contributed by atoms with Crippen molar-refractivity contribution in [3.8, 4) is 5.88 Å². The van der Waals surface area contributed by atoms with Crippen LogP contribution in [0.5, 0.6) is 5.88 Å². The average molecular weight is 502 g/mol. The molecule has 2 aliphatic rings. The molecule has 1 spiro atoms. The van der Waals surface area contributed by atoms with Crippen LogP contribution in [0.1, 0.15) is 80.4 Å². The molecule has 3 heterocycles. The van der Waals surface area contributed by atoms with Gasteiger partial charge in [0.05, 0.1) is 17.7 Å². The van der Waals surface area contributed by atoms with Crippen molar-refractivity contribution in [3.63, 3.8) is 0 Å². The molecule has 0 bridgehead atoms. The number of aliphatic hydroxyl groups is 1. The molecule has 8 heteroatoms. The molecule has 0 saturated heterocycles. The molecule has 1 aliphatic heterocycles. The molecule has 35 heavy (non-hydrogen) atoms. The SMILES string of the molecule is C=CC[C@H](NC(=O)c1csc(F)c1)[C@H](O)CN[C@H]1CC2(CCC2)Oc2ncc(CC(C)(C)C)cc21. The van der Waals surface area contributed by atoms with Gasteiger partial charge in [0.25, 0.3) is 5.91 Å². The maximum absolute atomic E-state index is 13.3. The fourth-order valence-corrected chi connectivity index (χ4v) is 5.53. The molecular formula is C27H36FN3O3S. The van der Waals surface area contributed by atoms with E-state index in [9.17, 15) is 14.3 Å². The summed E-state index contributed by atoms with van der Waals surface area (Å²) < 4.78 is 19.7. The Kier molecular flexibility index (Phi) is 7.64. The van der Waals surface area contributed by atoms with Gasteiger partial charge in [-0.25, -0.2) is 4.98 Å². The highest BCUT2D eigenvalue weighted by Crippen LogP contribution is 2.48. The second-order valence-electron chi connectivity index (χ2n) is 11.1. The van der Waals surface area contributed by atoms with Crippen LogP contribution in [0.2, 0.25) is 0 Å². The molecule has 3 atom stereocenters. The molecule has 0 unspecified atom stereocenters. The zero-order valence-corrected chi connectivity index (χ0v) is 21.6. The third kappa shape index (κ3) is 6.29. The van der Waals surface area contributed by atoms with Crippen LogP contribution in [0, 0.1) is 10.5 Å². The Labute approximate surface area is 211 Å². The molecule has 1 fully saturated rings. The van der Waals surface area contributed by atoms with Gasteiger partial charge in [-0.1, -0.05) is 26.8 Å². The molecule has 0 aromatic carbocycles. The maximum Gasteiger partial charge on any atom is 0.252 e. The molecule has 1 saturated carbocycles. The Bertz CT molecular complexity index is 1060. The van der Waals surface area contributed by atoms with Crippen LogP contribution in [-0.4, -0.2) is 40.3 Å². The second kappa shape index (κ2) is 10.4. The summed E-state index contributed by atoms with van der Waals surface area (Å²) >= 11 is 0.876. The molecule has 2 aromatic heterocycles. The van der Waals surface area contributed by atoms with Crippen LogP contribution in [0.3, 0.4) is 0 Å². The first kappa shape index (κ1) is 25.8. The number of aromatic nitrogens is 1. The Hall–Kier alpha value is -2.29. The number of thiophene rings is 1. The van der Waals surface area contributed by atoms with E-state index in [4.69, 9.17) is 4.74 Å². The van der Waals surface area contributed by atoms with Crippen molar-refractivity contribution in [1.82, 2.24) is 15.6 Å². The standard InChI is InChI=1S/C27H36FN3O3S/c1-5-7-20(31-24(33)18-11-23(28)35-16-18)22(32)15-29-21-13-27(8-6-9-27)34-25-19(21)10-17(14-30-25)12-26(2,3)4/h5,10-11,14,16,20-22,29,32H,1,6-9,12-13,15H2,2-4H3,(H,31,33)/t20-,21-,22+/m0/s1. The molecule has 0 radical (unpaired) electrons. The number of carbonyl (C=O) groups is 1. The van der Waals surface area contributed by atoms with Crippen molar-refractivity contribution < 1.29 is 19.0 Å². The van der Waals surface area contributed by atoms with Crippen LogP contribution in [0.4, 0.5) is 4.39 Å². The lowest BCUT2D eigenvalue weighted by Crippen LogP contribution is -2.52. The quantitative estimate of drug-likeness (QED) is 0.424. The number of hydrogen-bond donors (Lipinski definition) is 3. The van der Waals surface area contributed by atoms with E-state index in [0.29, 0.717) is 12.3 Å². The molecule has 6 nitrogen and oxygen atoms in total. The topological polar surface area (TPSA) is 83.5 Å². The third-order valence-electron chi connectivity index (χ3n) is 6.80. The van der Waals surface area contributed by atoms with E-state index in [2.05, 4.69) is 49.0 Å². The van der Waals surface area contributed by atoms with E-state index in [0.717, 1.165) is 54.6 Å². The molecular weight excluding hydrogens is 465 g/mol. The van der Waals surface area contributed by atoms with E-state index >= 15 is 0 Å². The van der Waals surface area contributed by atoms with Crippen molar-refractivity contribution in [1.29, 1.82) is 0 Å². The number of pyridine rings is 1. The predicted octanol–water partition coefficient (Wildman–Crippen LogP) is 4.94. The van der Waals surface area contributed by atoms with E-state index in [1.807, 2.05) is 6.20 Å². The summed E-state index contributed by atoms with van der Waals surface area (Å²) in [6.07, 6.45) is 8.00. The van der Waals surface area contributed by atoms with Crippen molar-refractivity contribution >= 4 is 17.2 Å². The summed E-state index contributed by atoms with van der Waals surface area (Å²) in [5.74, 6) is 0.271. The van der Waals surface area contributed by atoms with Gasteiger partial charge in [0, 0.05) is 36.1 Å². The van der Waals surface area contributed by atoms with Gasteiger partial charge in [0.1, 0.15) is 5.60 Å². The molecule has 3 N–H and O–H groups in total. The minimum Gasteiger partial charge on any atom is -0.471 e. The summed E-state index contributed by atoms with van der Waals surface area (Å²) in [5, 5.41) is 18.4. The first-order valence-electron chi connectivity index (χ1n) is 12.3. The van der Waals surface area contributed by atoms with Gasteiger partial charge in [-0.15, -0.1) is 17.9 Å². The Morgan fingerprint density at radius 3 is 2.80 bits per heavy atom. The zero-order valence-electron chi connectivity index (χ0n) is 20.8. The number of ether oxygens (including phenoxy) is 1. The van der Waals surface area contributed by atoms with Gasteiger partial charge in [-0.05, 0) is 55.2 Å². The highest BCUT2D eigenvalue weighted by atomic mass is 32.1. The number of rotatable bonds is 9. The van der Waals surface area contributed by atoms with Crippen LogP contribution in [-0.2, 0) is 6.42 Å². The number of nitrogens with one attached hydrogen (secondary N) is 2. The van der Waals surface area contributed by atoms with Crippen LogP contribution < -0.4 is 15.4 Å². The first-order valence-corrected chi connectivity index (χ1v) is 13.2. The van der Waals surface area contributed by atoms with Crippen LogP contribution in [0.25, 0.3) is 0 Å². The van der Waals surface area contributed by atoms with Gasteiger partial charge in [0.2, 0.25) is 5.88 Å². The average Bonchev–Trinajstić information content (AvgIpc) is 3.21. The van der Waals surface area contributed by atoms with Crippen LogP contribution in [0.15, 0.2) is 36.4 Å². The van der Waals surface area contributed by atoms with E-state index in [1.165, 1.54) is 11.4 Å². The summed E-state index contributed by atoms with van der Waals surface area (Å²) in [6.45, 7) is 10.7. The summed E-state index contributed by atoms with van der Waals surface area (Å²) in [4.78, 5) is 17.2. The number of amides is 1. The second-order valence-corrected chi connectivity index (χ2v) is 12.0. The number of fused-ring (bicyclic) bond motifs is 1. The number of nitrogens with zero attached hydrogens (tertiary/aromatic N) is 1. The molecule has 1 amide bonds. The third-order valence-corrected chi connectivity index (χ3v) is 7.52. The van der Waals surface area contributed by atoms with Gasteiger partial charge in [-0.3, -0.25) is 4.79 Å². The number of carbonyl (C=O) groups excluding carboxylic acids is 1. The van der Waals surface area contributed by atoms with Gasteiger partial charge in [0.15, 0.2) is 5.13 Å². The highest BCUT2D eigenvalue weighted by Gasteiger charge is 2.46. The Morgan fingerprint density at radius 2 is 2.20 bits per heavy atom. The van der Waals surface area contributed by atoms with Crippen LogP contribution >= 0.6 is 11.3 Å². The number of halogens is 1. The molecule has 4 rings (SSSR count). The first-order chi connectivity index (χ1) is 16.6. The molecule has 1 aliphatic carbocycles. The summed E-state index contributed by atoms with van der Waals surface area (Å²) in [6, 6.07) is 2.83. The zero-order chi connectivity index (χ0) is 25.2. The predicted molar refractivity (Wildman–Crippen MR) is 136 cm³/mol. The van der Waals surface area contributed by atoms with Crippen molar-refractivity contribution in [3.05, 3.63) is 58.2 Å². The monoisotopic (exact) mass is 501 g/mol. The van der Waals surface area contributed by atoms with E-state index < -0.39 is 23.2 Å². The minimum absolute atomic E-state index is 0.00725. The van der Waals surface area contributed by atoms with Crippen molar-refractivity contribution in [2.24, 2.45) is 5.41 Å². The lowest BCUT2D eigenvalue weighted by Gasteiger charge is -2.47. The molecule has 190 valence electrons. The number of aliphatic hydroxyl groups excluding tert-OH is 1. The van der Waals surface area contributed by atoms with E-state index in [-0.39, 0.29) is 29.2 Å². The van der Waals surface area contributed by atoms with Gasteiger partial charge in [-0.2, -0.15) is 4.39 Å². The van der Waals surface area contributed by atoms with Crippen molar-refractivity contribution in [2.45, 2.75) is 83.1 Å². The smallest absolute Gasteiger partial charge is 0.252 e. The number of hydrogen-bond acceptors (Lipinski definition) is 6.